The zero-order valence-corrected chi connectivity index (χ0v) is 12.9. The van der Waals surface area contributed by atoms with Crippen molar-refractivity contribution in [3.8, 4) is 6.07 Å². The Morgan fingerprint density at radius 1 is 1.43 bits per heavy atom. The first kappa shape index (κ1) is 14.9. The average Bonchev–Trinajstić information content (AvgIpc) is 3.08. The van der Waals surface area contributed by atoms with Gasteiger partial charge < -0.3 is 4.90 Å². The topological polar surface area (TPSA) is 91.9 Å². The summed E-state index contributed by atoms with van der Waals surface area (Å²) in [6.45, 7) is 3.56. The second kappa shape index (κ2) is 5.65. The fraction of sp³-hybridized carbons (Fsp3) is 0.312. The smallest absolute Gasteiger partial charge is 0.252 e. The molecule has 0 bridgehead atoms. The third-order valence-corrected chi connectivity index (χ3v) is 3.90. The molecule has 1 aliphatic rings. The van der Waals surface area contributed by atoms with Gasteiger partial charge in [0, 0.05) is 24.2 Å². The predicted octanol–water partition coefficient (Wildman–Crippen LogP) is 1.33. The van der Waals surface area contributed by atoms with Crippen molar-refractivity contribution in [3.63, 3.8) is 0 Å². The summed E-state index contributed by atoms with van der Waals surface area (Å²) in [5.41, 5.74) is 2.43. The molecule has 0 aliphatic carbocycles. The Labute approximate surface area is 133 Å². The third kappa shape index (κ3) is 2.71. The molecule has 23 heavy (non-hydrogen) atoms. The van der Waals surface area contributed by atoms with E-state index in [-0.39, 0.29) is 30.1 Å². The number of anilines is 1. The zero-order valence-electron chi connectivity index (χ0n) is 12.9. The molecule has 7 heteroatoms. The number of carbonyl (C=O) groups is 2. The van der Waals surface area contributed by atoms with E-state index in [1.807, 2.05) is 25.1 Å². The molecular weight excluding hydrogens is 294 g/mol. The molecule has 1 amide bonds. The number of nitriles is 1. The van der Waals surface area contributed by atoms with E-state index in [4.69, 9.17) is 5.26 Å². The van der Waals surface area contributed by atoms with Gasteiger partial charge in [0.15, 0.2) is 5.78 Å². The highest BCUT2D eigenvalue weighted by Crippen LogP contribution is 2.33. The van der Waals surface area contributed by atoms with E-state index in [2.05, 4.69) is 10.1 Å². The lowest BCUT2D eigenvalue weighted by Gasteiger charge is -2.20. The van der Waals surface area contributed by atoms with Crippen molar-refractivity contribution in [3.05, 3.63) is 41.5 Å². The van der Waals surface area contributed by atoms with Crippen LogP contribution in [0.4, 0.5) is 5.69 Å². The summed E-state index contributed by atoms with van der Waals surface area (Å²) in [6, 6.07) is 7.29. The maximum atomic E-state index is 12.4. The normalized spacial score (nSPS) is 16.0. The molecule has 116 valence electrons. The molecule has 2 aromatic rings. The van der Waals surface area contributed by atoms with Crippen LogP contribution < -0.4 is 4.90 Å². The molecule has 1 atom stereocenters. The summed E-state index contributed by atoms with van der Waals surface area (Å²) < 4.78 is 1.35. The molecule has 0 fully saturated rings. The fourth-order valence-corrected chi connectivity index (χ4v) is 2.94. The number of rotatable bonds is 3. The Morgan fingerprint density at radius 3 is 2.87 bits per heavy atom. The summed E-state index contributed by atoms with van der Waals surface area (Å²) in [5.74, 6) is -0.0734. The molecule has 7 nitrogen and oxygen atoms in total. The number of benzene rings is 1. The van der Waals surface area contributed by atoms with Gasteiger partial charge in [-0.2, -0.15) is 5.26 Å². The number of aromatic nitrogens is 3. The van der Waals surface area contributed by atoms with Gasteiger partial charge in [-0.1, -0.05) is 0 Å². The van der Waals surface area contributed by atoms with Crippen LogP contribution >= 0.6 is 0 Å². The number of Topliss-reactive ketones (excluding diaryl/α,β-unsaturated/α-hetero) is 1. The van der Waals surface area contributed by atoms with Crippen molar-refractivity contribution in [2.75, 3.05) is 4.90 Å². The van der Waals surface area contributed by atoms with Gasteiger partial charge in [0.2, 0.25) is 5.91 Å². The van der Waals surface area contributed by atoms with Crippen LogP contribution in [-0.4, -0.2) is 32.5 Å². The van der Waals surface area contributed by atoms with Gasteiger partial charge in [0.05, 0.1) is 0 Å². The van der Waals surface area contributed by atoms with Crippen LogP contribution in [0.25, 0.3) is 0 Å². The first-order chi connectivity index (χ1) is 11.0. The van der Waals surface area contributed by atoms with Crippen LogP contribution in [0.2, 0.25) is 0 Å². The fourth-order valence-electron chi connectivity index (χ4n) is 2.94. The van der Waals surface area contributed by atoms with E-state index < -0.39 is 0 Å². The number of nitrogens with zero attached hydrogens (tertiary/aromatic N) is 5. The maximum absolute atomic E-state index is 12.4. The van der Waals surface area contributed by atoms with Crippen molar-refractivity contribution in [1.29, 1.82) is 5.26 Å². The van der Waals surface area contributed by atoms with Crippen molar-refractivity contribution < 1.29 is 9.59 Å². The van der Waals surface area contributed by atoms with Crippen LogP contribution in [0.1, 0.15) is 35.6 Å². The van der Waals surface area contributed by atoms with E-state index in [1.54, 1.807) is 17.9 Å². The molecule has 1 aliphatic heterocycles. The minimum absolute atomic E-state index is 0.00183. The monoisotopic (exact) mass is 309 g/mol. The molecule has 0 unspecified atom stereocenters. The van der Waals surface area contributed by atoms with Crippen LogP contribution in [0.15, 0.2) is 24.5 Å². The number of ketones is 1. The van der Waals surface area contributed by atoms with E-state index in [1.165, 1.54) is 11.0 Å². The van der Waals surface area contributed by atoms with Crippen molar-refractivity contribution in [2.24, 2.45) is 0 Å². The number of carbonyl (C=O) groups excluding carboxylic acids is 2. The zero-order chi connectivity index (χ0) is 16.6. The molecule has 3 rings (SSSR count). The molecule has 1 aromatic carbocycles. The Balaban J connectivity index is 1.82. The van der Waals surface area contributed by atoms with Gasteiger partial charge in [-0.3, -0.25) is 9.59 Å². The van der Waals surface area contributed by atoms with E-state index in [0.717, 1.165) is 17.7 Å². The Bertz CT molecular complexity index is 833. The first-order valence-electron chi connectivity index (χ1n) is 7.25. The Morgan fingerprint density at radius 2 is 2.22 bits per heavy atom. The second-order valence-corrected chi connectivity index (χ2v) is 5.59. The molecule has 2 heterocycles. The van der Waals surface area contributed by atoms with Gasteiger partial charge >= 0.3 is 0 Å². The maximum Gasteiger partial charge on any atom is 0.252 e. The summed E-state index contributed by atoms with van der Waals surface area (Å²) in [6.07, 6.45) is 2.10. The highest BCUT2D eigenvalue weighted by Gasteiger charge is 2.29. The minimum Gasteiger partial charge on any atom is -0.309 e. The largest absolute Gasteiger partial charge is 0.309 e. The van der Waals surface area contributed by atoms with Gasteiger partial charge in [0.1, 0.15) is 18.9 Å². The van der Waals surface area contributed by atoms with Crippen molar-refractivity contribution in [1.82, 2.24) is 14.8 Å². The number of hydrogen-bond acceptors (Lipinski definition) is 5. The van der Waals surface area contributed by atoms with Crippen LogP contribution in [-0.2, 0) is 17.8 Å². The Kier molecular flexibility index (Phi) is 3.66. The highest BCUT2D eigenvalue weighted by atomic mass is 16.2. The first-order valence-corrected chi connectivity index (χ1v) is 7.25. The molecule has 0 saturated carbocycles. The lowest BCUT2D eigenvalue weighted by Crippen LogP contribution is -2.33. The summed E-state index contributed by atoms with van der Waals surface area (Å²) >= 11 is 0. The molecular formula is C16H15N5O2. The molecule has 0 radical (unpaired) electrons. The van der Waals surface area contributed by atoms with Crippen molar-refractivity contribution >= 4 is 17.4 Å². The highest BCUT2D eigenvalue weighted by molar-refractivity contribution is 5.99. The summed E-state index contributed by atoms with van der Waals surface area (Å²) in [4.78, 5) is 29.6. The van der Waals surface area contributed by atoms with Gasteiger partial charge in [-0.05, 0) is 37.1 Å². The quantitative estimate of drug-likeness (QED) is 0.798. The SMILES string of the molecule is CC(=O)N1c2ccc(C(=O)Cn3cnc(C#N)n3)cc2C[C@H]1C. The van der Waals surface area contributed by atoms with Gasteiger partial charge in [-0.15, -0.1) is 5.10 Å². The van der Waals surface area contributed by atoms with E-state index >= 15 is 0 Å². The number of amides is 1. The number of hydrogen-bond donors (Lipinski definition) is 0. The van der Waals surface area contributed by atoms with Crippen LogP contribution in [0.3, 0.4) is 0 Å². The summed E-state index contributed by atoms with van der Waals surface area (Å²) in [5, 5.41) is 12.6. The van der Waals surface area contributed by atoms with Gasteiger partial charge in [0.25, 0.3) is 5.82 Å². The minimum atomic E-state index is -0.115. The summed E-state index contributed by atoms with van der Waals surface area (Å²) in [7, 11) is 0. The van der Waals surface area contributed by atoms with Crippen molar-refractivity contribution in [2.45, 2.75) is 32.9 Å². The van der Waals surface area contributed by atoms with Crippen LogP contribution in [0.5, 0.6) is 0 Å². The molecule has 1 aromatic heterocycles. The predicted molar refractivity (Wildman–Crippen MR) is 81.8 cm³/mol. The third-order valence-electron chi connectivity index (χ3n) is 3.90. The van der Waals surface area contributed by atoms with Crippen LogP contribution in [0, 0.1) is 11.3 Å². The number of fused-ring (bicyclic) bond motifs is 1. The lowest BCUT2D eigenvalue weighted by molar-refractivity contribution is -0.116. The molecule has 0 spiro atoms. The Hall–Kier alpha value is -3.01. The molecule has 0 N–H and O–H groups in total. The van der Waals surface area contributed by atoms with E-state index in [0.29, 0.717) is 5.56 Å². The second-order valence-electron chi connectivity index (χ2n) is 5.59. The molecule has 0 saturated heterocycles. The average molecular weight is 309 g/mol. The van der Waals surface area contributed by atoms with E-state index in [9.17, 15) is 9.59 Å². The standard InChI is InChI=1S/C16H15N5O2/c1-10-5-13-6-12(3-4-14(13)21(10)11(2)22)15(23)8-20-9-18-16(7-17)19-20/h3-4,6,9-10H,5,8H2,1-2H3/t10-/m1/s1. The van der Waals surface area contributed by atoms with Gasteiger partial charge in [-0.25, -0.2) is 9.67 Å². The lowest BCUT2D eigenvalue weighted by atomic mass is 10.0.